The number of esters is 2. The van der Waals surface area contributed by atoms with E-state index < -0.39 is 80.8 Å². The van der Waals surface area contributed by atoms with Crippen molar-refractivity contribution >= 4 is 34.4 Å². The number of hydrogen-bond acceptors (Lipinski definition) is 7. The molecule has 9 atom stereocenters. The molecule has 0 saturated heterocycles. The molecular formula is C32H51F3O7Si2. The van der Waals surface area contributed by atoms with Gasteiger partial charge in [0.1, 0.15) is 12.2 Å². The molecule has 12 heteroatoms. The maximum Gasteiger partial charge on any atom is 0.416 e. The Bertz CT molecular complexity index is 1220. The lowest BCUT2D eigenvalue weighted by molar-refractivity contribution is -0.280. The molecule has 7 nitrogen and oxygen atoms in total. The third kappa shape index (κ3) is 5.90. The third-order valence-electron chi connectivity index (χ3n) is 10.9. The summed E-state index contributed by atoms with van der Waals surface area (Å²) in [5.41, 5.74) is -4.29. The van der Waals surface area contributed by atoms with Crippen molar-refractivity contribution in [2.45, 2.75) is 142 Å². The summed E-state index contributed by atoms with van der Waals surface area (Å²) in [5.74, 6) is -2.71. The van der Waals surface area contributed by atoms with E-state index in [2.05, 4.69) is 0 Å². The van der Waals surface area contributed by atoms with E-state index in [0.29, 0.717) is 25.7 Å². The van der Waals surface area contributed by atoms with Crippen molar-refractivity contribution in [1.82, 2.24) is 0 Å². The van der Waals surface area contributed by atoms with Crippen LogP contribution < -0.4 is 0 Å². The molecule has 250 valence electrons. The van der Waals surface area contributed by atoms with Gasteiger partial charge in [-0.15, -0.1) is 0 Å². The van der Waals surface area contributed by atoms with E-state index in [0.717, 1.165) is 5.57 Å². The van der Waals surface area contributed by atoms with Crippen molar-refractivity contribution in [3.05, 3.63) is 11.6 Å². The average molecular weight is 661 g/mol. The van der Waals surface area contributed by atoms with E-state index in [1.165, 1.54) is 20.8 Å². The molecule has 0 aromatic carbocycles. The van der Waals surface area contributed by atoms with Gasteiger partial charge in [-0.05, 0) is 108 Å². The van der Waals surface area contributed by atoms with E-state index >= 15 is 13.2 Å². The molecule has 0 radical (unpaired) electrons. The second-order valence-corrected chi connectivity index (χ2v) is 25.1. The first-order chi connectivity index (χ1) is 19.8. The third-order valence-corrected chi connectivity index (χ3v) is 12.9. The Morgan fingerprint density at radius 1 is 0.886 bits per heavy atom. The zero-order valence-electron chi connectivity index (χ0n) is 28.2. The fourth-order valence-corrected chi connectivity index (χ4v) is 12.6. The first-order valence-electron chi connectivity index (χ1n) is 15.9. The summed E-state index contributed by atoms with van der Waals surface area (Å²) in [6.45, 7) is 19.2. The van der Waals surface area contributed by atoms with Crippen LogP contribution in [-0.2, 0) is 32.7 Å². The van der Waals surface area contributed by atoms with Crippen molar-refractivity contribution in [3.8, 4) is 0 Å². The van der Waals surface area contributed by atoms with Gasteiger partial charge in [0.2, 0.25) is 0 Å². The molecule has 0 heterocycles. The van der Waals surface area contributed by atoms with Crippen LogP contribution in [0.1, 0.15) is 73.1 Å². The van der Waals surface area contributed by atoms with Crippen molar-refractivity contribution < 1.29 is 45.9 Å². The number of alkyl halides is 3. The smallest absolute Gasteiger partial charge is 0.416 e. The van der Waals surface area contributed by atoms with Gasteiger partial charge < -0.3 is 18.3 Å². The molecule has 4 aliphatic rings. The Morgan fingerprint density at radius 3 is 1.95 bits per heavy atom. The van der Waals surface area contributed by atoms with E-state index in [1.54, 1.807) is 25.7 Å². The van der Waals surface area contributed by atoms with Crippen molar-refractivity contribution in [2.24, 2.45) is 28.6 Å². The SMILES string of the molecule is CC(=O)O[C@H]1C[C@@]2(C)[C@@H](C[C@H]1OC(C)=O)C(=O)C=C1[C@@H]2CC[C@]2(C)[C@@H](C(C)(O[Si](C)(C)C)C(F)(F)F)CC[C@@]12O[Si](C)(C)C. The van der Waals surface area contributed by atoms with Crippen molar-refractivity contribution in [2.75, 3.05) is 0 Å². The first kappa shape index (κ1) is 35.3. The predicted molar refractivity (Wildman–Crippen MR) is 165 cm³/mol. The molecule has 1 unspecified atom stereocenters. The van der Waals surface area contributed by atoms with Crippen LogP contribution in [0.25, 0.3) is 0 Å². The fourth-order valence-electron chi connectivity index (χ4n) is 9.57. The van der Waals surface area contributed by atoms with Crippen molar-refractivity contribution in [1.29, 1.82) is 0 Å². The Kier molecular flexibility index (Phi) is 8.87. The topological polar surface area (TPSA) is 88.1 Å². The zero-order chi connectivity index (χ0) is 33.5. The lowest BCUT2D eigenvalue weighted by Gasteiger charge is -2.63. The van der Waals surface area contributed by atoms with Crippen LogP contribution in [-0.4, -0.2) is 63.9 Å². The molecule has 3 fully saturated rings. The number of fused-ring (bicyclic) bond motifs is 5. The Morgan fingerprint density at radius 2 is 1.45 bits per heavy atom. The van der Waals surface area contributed by atoms with Crippen molar-refractivity contribution in [3.63, 3.8) is 0 Å². The molecule has 0 aromatic heterocycles. The second-order valence-electron chi connectivity index (χ2n) is 16.3. The highest BCUT2D eigenvalue weighted by Gasteiger charge is 2.74. The number of rotatable bonds is 7. The van der Waals surface area contributed by atoms with Crippen LogP contribution >= 0.6 is 0 Å². The summed E-state index contributed by atoms with van der Waals surface area (Å²) in [6.07, 6.45) is -2.28. The number of carbonyl (C=O) groups is 3. The molecule has 0 spiro atoms. The average Bonchev–Trinajstić information content (AvgIpc) is 3.10. The highest BCUT2D eigenvalue weighted by atomic mass is 28.4. The normalized spacial score (nSPS) is 38.9. The highest BCUT2D eigenvalue weighted by molar-refractivity contribution is 6.70. The minimum atomic E-state index is -4.60. The summed E-state index contributed by atoms with van der Waals surface area (Å²) < 4.78 is 69.9. The predicted octanol–water partition coefficient (Wildman–Crippen LogP) is 7.36. The lowest BCUT2D eigenvalue weighted by atomic mass is 9.45. The summed E-state index contributed by atoms with van der Waals surface area (Å²) in [4.78, 5) is 38.2. The van der Waals surface area contributed by atoms with Crippen LogP contribution in [0.4, 0.5) is 13.2 Å². The number of allylic oxidation sites excluding steroid dienone is 1. The lowest BCUT2D eigenvalue weighted by Crippen LogP contribution is -2.66. The molecular weight excluding hydrogens is 610 g/mol. The van der Waals surface area contributed by atoms with Gasteiger partial charge >= 0.3 is 18.1 Å². The summed E-state index contributed by atoms with van der Waals surface area (Å²) in [7, 11) is -5.04. The van der Waals surface area contributed by atoms with E-state index in [1.807, 2.05) is 33.5 Å². The number of halogens is 3. The van der Waals surface area contributed by atoms with Gasteiger partial charge in [-0.2, -0.15) is 13.2 Å². The summed E-state index contributed by atoms with van der Waals surface area (Å²) in [6, 6.07) is 0. The number of carbonyl (C=O) groups excluding carboxylic acids is 3. The van der Waals surface area contributed by atoms with Crippen LogP contribution in [0.2, 0.25) is 39.3 Å². The van der Waals surface area contributed by atoms with Crippen LogP contribution in [0.3, 0.4) is 0 Å². The molecule has 0 bridgehead atoms. The van der Waals surface area contributed by atoms with Gasteiger partial charge in [-0.25, -0.2) is 0 Å². The molecule has 4 rings (SSSR count). The zero-order valence-corrected chi connectivity index (χ0v) is 30.2. The molecule has 0 amide bonds. The van der Waals surface area contributed by atoms with Gasteiger partial charge in [0.15, 0.2) is 28.0 Å². The molecule has 4 aliphatic carbocycles. The number of ether oxygens (including phenoxy) is 2. The monoisotopic (exact) mass is 660 g/mol. The van der Waals surface area contributed by atoms with E-state index in [9.17, 15) is 14.4 Å². The van der Waals surface area contributed by atoms with Gasteiger partial charge in [-0.1, -0.05) is 13.8 Å². The Hall–Kier alpha value is -1.51. The van der Waals surface area contributed by atoms with Crippen LogP contribution in [0.5, 0.6) is 0 Å². The highest BCUT2D eigenvalue weighted by Crippen LogP contribution is 2.71. The molecule has 0 N–H and O–H groups in total. The van der Waals surface area contributed by atoms with Crippen LogP contribution in [0.15, 0.2) is 11.6 Å². The first-order valence-corrected chi connectivity index (χ1v) is 22.7. The van der Waals surface area contributed by atoms with Gasteiger partial charge in [-0.3, -0.25) is 14.4 Å². The second kappa shape index (κ2) is 11.0. The van der Waals surface area contributed by atoms with E-state index in [4.69, 9.17) is 18.3 Å². The molecule has 44 heavy (non-hydrogen) atoms. The minimum absolute atomic E-state index is 0.139. The molecule has 3 saturated carbocycles. The van der Waals surface area contributed by atoms with Gasteiger partial charge in [0, 0.05) is 31.1 Å². The van der Waals surface area contributed by atoms with Gasteiger partial charge in [0.25, 0.3) is 0 Å². The van der Waals surface area contributed by atoms with Gasteiger partial charge in [0.05, 0.1) is 5.60 Å². The largest absolute Gasteiger partial charge is 0.459 e. The Labute approximate surface area is 262 Å². The maximum atomic E-state index is 15.1. The van der Waals surface area contributed by atoms with E-state index in [-0.39, 0.29) is 24.5 Å². The maximum absolute atomic E-state index is 15.1. The van der Waals surface area contributed by atoms with Crippen LogP contribution in [0, 0.1) is 28.6 Å². The standard InChI is InChI=1S/C32H51F3O7Si2/c1-19(36)39-25-17-23-24(38)16-22-21(28(23,3)18-26(25)40-20(2)37)12-14-29(4)27(13-15-31(22,29)42-44(9,10)11)30(5,32(33,34)35)41-43(6,7)8/h16,21,23,25-27H,12-15,17-18H2,1-11H3/t21-,23-,25+,26-,27-,28+,29+,30?,31+/m0/s1. The molecule has 0 aliphatic heterocycles. The summed E-state index contributed by atoms with van der Waals surface area (Å²) >= 11 is 0. The molecule has 0 aromatic rings. The fraction of sp³-hybridized carbons (Fsp3) is 0.844. The summed E-state index contributed by atoms with van der Waals surface area (Å²) in [5, 5.41) is 0. The number of hydrogen-bond donors (Lipinski definition) is 0. The number of ketones is 1. The minimum Gasteiger partial charge on any atom is -0.459 e. The Balaban J connectivity index is 1.88. The quantitative estimate of drug-likeness (QED) is 0.208.